The van der Waals surface area contributed by atoms with Crippen molar-refractivity contribution in [2.45, 2.75) is 76.0 Å². The number of carboxylic acids is 1. The summed E-state index contributed by atoms with van der Waals surface area (Å²) in [6.45, 7) is 1.79. The van der Waals surface area contributed by atoms with Gasteiger partial charge in [0.15, 0.2) is 0 Å². The number of benzene rings is 2. The number of carboxylic acid groups (broad SMARTS) is 1. The standard InChI is InChI=1S/C28H34F3NO2/c29-28(30,31)24-13-11-23(12-14-24)25-16-22(17-27(33)34)10-15-26(25)32(19-21-8-4-5-9-21)18-20-6-2-1-3-7-20/h1-3,6-7,11-14,21-22,25-26H,4-5,8-10,15-19H2,(H,33,34)/t22-,25+,26-/m1/s1. The highest BCUT2D eigenvalue weighted by Crippen LogP contribution is 2.42. The molecular weight excluding hydrogens is 439 g/mol. The Balaban J connectivity index is 1.62. The molecular formula is C28H34F3NO2. The lowest BCUT2D eigenvalue weighted by Crippen LogP contribution is -2.44. The maximum absolute atomic E-state index is 13.2. The van der Waals surface area contributed by atoms with Crippen LogP contribution in [0.25, 0.3) is 0 Å². The first-order valence-electron chi connectivity index (χ1n) is 12.5. The fraction of sp³-hybridized carbons (Fsp3) is 0.536. The molecule has 2 aromatic rings. The zero-order valence-corrected chi connectivity index (χ0v) is 19.5. The summed E-state index contributed by atoms with van der Waals surface area (Å²) in [5.74, 6) is -0.0907. The third kappa shape index (κ3) is 6.41. The van der Waals surface area contributed by atoms with Crippen LogP contribution < -0.4 is 0 Å². The van der Waals surface area contributed by atoms with Crippen molar-refractivity contribution in [3.63, 3.8) is 0 Å². The topological polar surface area (TPSA) is 40.5 Å². The van der Waals surface area contributed by atoms with Gasteiger partial charge in [-0.2, -0.15) is 13.2 Å². The number of nitrogens with zero attached hydrogens (tertiary/aromatic N) is 1. The van der Waals surface area contributed by atoms with Crippen LogP contribution in [-0.4, -0.2) is 28.6 Å². The highest BCUT2D eigenvalue weighted by molar-refractivity contribution is 5.67. The van der Waals surface area contributed by atoms with Gasteiger partial charge in [-0.15, -0.1) is 0 Å². The molecule has 0 bridgehead atoms. The second-order valence-corrected chi connectivity index (χ2v) is 10.1. The van der Waals surface area contributed by atoms with Crippen molar-refractivity contribution >= 4 is 5.97 Å². The van der Waals surface area contributed by atoms with Gasteiger partial charge in [0.2, 0.25) is 0 Å². The summed E-state index contributed by atoms with van der Waals surface area (Å²) in [5, 5.41) is 9.37. The molecule has 2 fully saturated rings. The minimum absolute atomic E-state index is 0.0190. The minimum Gasteiger partial charge on any atom is -0.481 e. The fourth-order valence-electron chi connectivity index (χ4n) is 6.05. The molecule has 0 spiro atoms. The van der Waals surface area contributed by atoms with E-state index in [-0.39, 0.29) is 24.3 Å². The molecule has 1 N–H and O–H groups in total. The first-order chi connectivity index (χ1) is 16.3. The van der Waals surface area contributed by atoms with E-state index in [1.54, 1.807) is 12.1 Å². The molecule has 3 atom stereocenters. The Hall–Kier alpha value is -2.34. The third-order valence-electron chi connectivity index (χ3n) is 7.72. The molecule has 3 nitrogen and oxygen atoms in total. The van der Waals surface area contributed by atoms with Crippen LogP contribution in [0.4, 0.5) is 13.2 Å². The Kier molecular flexibility index (Phi) is 7.97. The monoisotopic (exact) mass is 473 g/mol. The van der Waals surface area contributed by atoms with Gasteiger partial charge in [0, 0.05) is 25.6 Å². The number of hydrogen-bond donors (Lipinski definition) is 1. The SMILES string of the molecule is O=C(O)C[C@@H]1CC[C@@H](N(Cc2ccccc2)CC2CCCC2)[C@H](c2ccc(C(F)(F)F)cc2)C1. The first kappa shape index (κ1) is 24.8. The van der Waals surface area contributed by atoms with Crippen LogP contribution in [0.15, 0.2) is 54.6 Å². The number of halogens is 3. The number of aliphatic carboxylic acids is 1. The zero-order valence-electron chi connectivity index (χ0n) is 19.5. The summed E-state index contributed by atoms with van der Waals surface area (Å²) < 4.78 is 39.5. The number of rotatable bonds is 8. The highest BCUT2D eigenvalue weighted by Gasteiger charge is 2.37. The predicted molar refractivity (Wildman–Crippen MR) is 126 cm³/mol. The van der Waals surface area contributed by atoms with Crippen LogP contribution in [0.3, 0.4) is 0 Å². The molecule has 0 amide bonds. The normalized spacial score (nSPS) is 23.9. The number of alkyl halides is 3. The van der Waals surface area contributed by atoms with Crippen LogP contribution in [0.5, 0.6) is 0 Å². The molecule has 0 unspecified atom stereocenters. The summed E-state index contributed by atoms with van der Waals surface area (Å²) in [7, 11) is 0. The fourth-order valence-corrected chi connectivity index (χ4v) is 6.05. The summed E-state index contributed by atoms with van der Waals surface area (Å²) in [5.41, 5.74) is 1.48. The molecule has 4 rings (SSSR count). The van der Waals surface area contributed by atoms with E-state index in [0.29, 0.717) is 12.3 Å². The Labute approximate surface area is 200 Å². The van der Waals surface area contributed by atoms with Gasteiger partial charge in [-0.25, -0.2) is 0 Å². The molecule has 0 aromatic heterocycles. The van der Waals surface area contributed by atoms with Gasteiger partial charge in [0.25, 0.3) is 0 Å². The largest absolute Gasteiger partial charge is 0.481 e. The van der Waals surface area contributed by atoms with E-state index in [2.05, 4.69) is 17.0 Å². The molecule has 6 heteroatoms. The van der Waals surface area contributed by atoms with E-state index in [9.17, 15) is 23.1 Å². The van der Waals surface area contributed by atoms with Crippen molar-refractivity contribution in [2.24, 2.45) is 11.8 Å². The minimum atomic E-state index is -4.36. The first-order valence-corrected chi connectivity index (χ1v) is 12.5. The molecule has 0 radical (unpaired) electrons. The van der Waals surface area contributed by atoms with Crippen LogP contribution >= 0.6 is 0 Å². The lowest BCUT2D eigenvalue weighted by Gasteiger charge is -2.44. The van der Waals surface area contributed by atoms with Gasteiger partial charge in [-0.3, -0.25) is 9.69 Å². The zero-order chi connectivity index (χ0) is 24.1. The average molecular weight is 474 g/mol. The molecule has 0 heterocycles. The van der Waals surface area contributed by atoms with Crippen molar-refractivity contribution in [1.29, 1.82) is 0 Å². The van der Waals surface area contributed by atoms with E-state index in [4.69, 9.17) is 0 Å². The van der Waals surface area contributed by atoms with E-state index >= 15 is 0 Å². The average Bonchev–Trinajstić information content (AvgIpc) is 3.32. The Morgan fingerprint density at radius 3 is 2.21 bits per heavy atom. The van der Waals surface area contributed by atoms with Gasteiger partial charge in [0.1, 0.15) is 0 Å². The molecule has 34 heavy (non-hydrogen) atoms. The van der Waals surface area contributed by atoms with Crippen LogP contribution in [0.1, 0.15) is 74.0 Å². The number of hydrogen-bond acceptors (Lipinski definition) is 2. The summed E-state index contributed by atoms with van der Waals surface area (Å²) in [6, 6.07) is 16.1. The molecule has 0 aliphatic heterocycles. The van der Waals surface area contributed by atoms with Gasteiger partial charge in [-0.1, -0.05) is 55.3 Å². The Morgan fingerprint density at radius 1 is 0.912 bits per heavy atom. The summed E-state index contributed by atoms with van der Waals surface area (Å²) in [6.07, 6.45) is 3.12. The van der Waals surface area contributed by atoms with Crippen molar-refractivity contribution in [3.05, 3.63) is 71.3 Å². The summed E-state index contributed by atoms with van der Waals surface area (Å²) >= 11 is 0. The van der Waals surface area contributed by atoms with Gasteiger partial charge < -0.3 is 5.11 Å². The van der Waals surface area contributed by atoms with Crippen LogP contribution in [0, 0.1) is 11.8 Å². The molecule has 2 aliphatic rings. The Morgan fingerprint density at radius 2 is 1.59 bits per heavy atom. The van der Waals surface area contributed by atoms with E-state index in [1.165, 1.54) is 43.4 Å². The lowest BCUT2D eigenvalue weighted by molar-refractivity contribution is -0.139. The quantitative estimate of drug-likeness (QED) is 0.444. The second-order valence-electron chi connectivity index (χ2n) is 10.1. The van der Waals surface area contributed by atoms with Gasteiger partial charge >= 0.3 is 12.1 Å². The van der Waals surface area contributed by atoms with E-state index in [1.807, 2.05) is 18.2 Å². The highest BCUT2D eigenvalue weighted by atomic mass is 19.4. The van der Waals surface area contributed by atoms with Gasteiger partial charge in [-0.05, 0) is 73.1 Å². The lowest BCUT2D eigenvalue weighted by atomic mass is 9.72. The van der Waals surface area contributed by atoms with Crippen molar-refractivity contribution in [1.82, 2.24) is 4.90 Å². The smallest absolute Gasteiger partial charge is 0.416 e. The van der Waals surface area contributed by atoms with E-state index in [0.717, 1.165) is 31.5 Å². The maximum Gasteiger partial charge on any atom is 0.416 e. The molecule has 2 aliphatic carbocycles. The van der Waals surface area contributed by atoms with Crippen LogP contribution in [-0.2, 0) is 17.5 Å². The van der Waals surface area contributed by atoms with E-state index < -0.39 is 17.7 Å². The van der Waals surface area contributed by atoms with Gasteiger partial charge in [0.05, 0.1) is 5.56 Å². The second kappa shape index (κ2) is 10.9. The Bertz CT molecular complexity index is 923. The summed E-state index contributed by atoms with van der Waals surface area (Å²) in [4.78, 5) is 14.0. The van der Waals surface area contributed by atoms with Crippen LogP contribution in [0.2, 0.25) is 0 Å². The molecule has 2 saturated carbocycles. The molecule has 0 saturated heterocycles. The van der Waals surface area contributed by atoms with Crippen molar-refractivity contribution < 1.29 is 23.1 Å². The maximum atomic E-state index is 13.2. The predicted octanol–water partition coefficient (Wildman–Crippen LogP) is 7.12. The third-order valence-corrected chi connectivity index (χ3v) is 7.72. The molecule has 2 aromatic carbocycles. The number of carbonyl (C=O) groups is 1. The molecule has 184 valence electrons. The van der Waals surface area contributed by atoms with Crippen molar-refractivity contribution in [3.8, 4) is 0 Å². The van der Waals surface area contributed by atoms with Crippen molar-refractivity contribution in [2.75, 3.05) is 6.54 Å².